The molecule has 0 radical (unpaired) electrons. The van der Waals surface area contributed by atoms with Crippen LogP contribution in [0.3, 0.4) is 0 Å². The molecule has 0 unspecified atom stereocenters. The third-order valence-electron chi connectivity index (χ3n) is 3.75. The van der Waals surface area contributed by atoms with Crippen LogP contribution in [0, 0.1) is 5.82 Å². The van der Waals surface area contributed by atoms with Gasteiger partial charge in [0.25, 0.3) is 5.91 Å². The van der Waals surface area contributed by atoms with Crippen LogP contribution >= 0.6 is 11.3 Å². The van der Waals surface area contributed by atoms with Gasteiger partial charge in [-0.3, -0.25) is 4.79 Å². The fraction of sp³-hybridized carbons (Fsp3) is 0.111. The Hall–Kier alpha value is -3.13. The molecule has 1 aromatic carbocycles. The summed E-state index contributed by atoms with van der Waals surface area (Å²) in [6, 6.07) is 6.64. The number of rotatable bonds is 4. The van der Waals surface area contributed by atoms with E-state index in [0.717, 1.165) is 6.07 Å². The predicted molar refractivity (Wildman–Crippen MR) is 97.7 cm³/mol. The van der Waals surface area contributed by atoms with E-state index in [2.05, 4.69) is 6.58 Å². The first-order valence-electron chi connectivity index (χ1n) is 7.39. The van der Waals surface area contributed by atoms with Gasteiger partial charge in [0.15, 0.2) is 5.58 Å². The molecule has 0 aliphatic rings. The standard InChI is InChI=1S/C18H14FNO5S/c1-9(21)12-7-15-14(25-18(12)23)8-16(26-15)20(2)17(22)11-5-4-10(19)6-13(11)24-3/h4-8,21H,1H2,2-3H3. The second-order valence-electron chi connectivity index (χ2n) is 5.42. The van der Waals surface area contributed by atoms with Crippen LogP contribution in [0.4, 0.5) is 9.39 Å². The number of methoxy groups -OCH3 is 1. The zero-order valence-electron chi connectivity index (χ0n) is 13.9. The molecule has 0 saturated carbocycles. The number of amides is 1. The minimum Gasteiger partial charge on any atom is -0.508 e. The summed E-state index contributed by atoms with van der Waals surface area (Å²) in [7, 11) is 2.89. The van der Waals surface area contributed by atoms with Crippen molar-refractivity contribution in [3.05, 3.63) is 64.3 Å². The normalized spacial score (nSPS) is 10.7. The summed E-state index contributed by atoms with van der Waals surface area (Å²) in [5, 5.41) is 9.94. The van der Waals surface area contributed by atoms with Crippen LogP contribution in [-0.4, -0.2) is 25.2 Å². The number of hydrogen-bond acceptors (Lipinski definition) is 6. The average Bonchev–Trinajstić information content (AvgIpc) is 3.02. The van der Waals surface area contributed by atoms with Gasteiger partial charge in [0.1, 0.15) is 27.9 Å². The zero-order chi connectivity index (χ0) is 19.0. The number of aliphatic hydroxyl groups is 1. The van der Waals surface area contributed by atoms with Gasteiger partial charge in [0, 0.05) is 19.2 Å². The van der Waals surface area contributed by atoms with E-state index in [0.29, 0.717) is 9.70 Å². The molecule has 2 aromatic heterocycles. The van der Waals surface area contributed by atoms with Gasteiger partial charge < -0.3 is 19.2 Å². The van der Waals surface area contributed by atoms with E-state index in [-0.39, 0.29) is 22.5 Å². The minimum absolute atomic E-state index is 0.0416. The first-order chi connectivity index (χ1) is 12.3. The summed E-state index contributed by atoms with van der Waals surface area (Å²) < 4.78 is 24.1. The molecule has 2 heterocycles. The number of hydrogen-bond donors (Lipinski definition) is 1. The Balaban J connectivity index is 2.02. The van der Waals surface area contributed by atoms with Gasteiger partial charge in [-0.2, -0.15) is 0 Å². The minimum atomic E-state index is -0.719. The number of nitrogens with zero attached hydrogens (tertiary/aromatic N) is 1. The molecule has 0 spiro atoms. The van der Waals surface area contributed by atoms with E-state index in [9.17, 15) is 19.1 Å². The molecular formula is C18H14FNO5S. The SMILES string of the molecule is C=C(O)c1cc2sc(N(C)C(=O)c3ccc(F)cc3OC)cc2oc1=O. The van der Waals surface area contributed by atoms with Crippen LogP contribution in [-0.2, 0) is 0 Å². The number of halogens is 1. The number of thiophene rings is 1. The fourth-order valence-corrected chi connectivity index (χ4v) is 3.38. The van der Waals surface area contributed by atoms with Crippen LogP contribution in [0.15, 0.2) is 46.1 Å². The summed E-state index contributed by atoms with van der Waals surface area (Å²) in [6.07, 6.45) is 0. The largest absolute Gasteiger partial charge is 0.508 e. The van der Waals surface area contributed by atoms with Crippen molar-refractivity contribution in [3.8, 4) is 5.75 Å². The highest BCUT2D eigenvalue weighted by molar-refractivity contribution is 7.22. The van der Waals surface area contributed by atoms with Crippen molar-refractivity contribution in [2.45, 2.75) is 0 Å². The van der Waals surface area contributed by atoms with E-state index in [1.54, 1.807) is 13.1 Å². The summed E-state index contributed by atoms with van der Waals surface area (Å²) in [5.74, 6) is -1.20. The third-order valence-corrected chi connectivity index (χ3v) is 4.89. The van der Waals surface area contributed by atoms with Crippen molar-refractivity contribution in [1.82, 2.24) is 0 Å². The number of ether oxygens (including phenoxy) is 1. The highest BCUT2D eigenvalue weighted by Gasteiger charge is 2.21. The molecule has 1 amide bonds. The van der Waals surface area contributed by atoms with Gasteiger partial charge in [0.2, 0.25) is 0 Å². The van der Waals surface area contributed by atoms with E-state index >= 15 is 0 Å². The number of carbonyl (C=O) groups is 1. The lowest BCUT2D eigenvalue weighted by molar-refractivity contribution is 0.0990. The van der Waals surface area contributed by atoms with Gasteiger partial charge in [0.05, 0.1) is 17.4 Å². The number of carbonyl (C=O) groups excluding carboxylic acids is 1. The molecule has 0 aliphatic carbocycles. The number of benzene rings is 1. The Labute approximate surface area is 151 Å². The summed E-state index contributed by atoms with van der Waals surface area (Å²) in [5.41, 5.74) is -0.283. The number of fused-ring (bicyclic) bond motifs is 1. The predicted octanol–water partition coefficient (Wildman–Crippen LogP) is 3.81. The molecule has 0 atom stereocenters. The Kier molecular flexibility index (Phi) is 4.52. The highest BCUT2D eigenvalue weighted by atomic mass is 32.1. The van der Waals surface area contributed by atoms with Crippen LogP contribution in [0.5, 0.6) is 5.75 Å². The summed E-state index contributed by atoms with van der Waals surface area (Å²) in [6.45, 7) is 3.32. The zero-order valence-corrected chi connectivity index (χ0v) is 14.7. The van der Waals surface area contributed by atoms with E-state index in [1.807, 2.05) is 0 Å². The van der Waals surface area contributed by atoms with Gasteiger partial charge in [-0.1, -0.05) is 6.58 Å². The van der Waals surface area contributed by atoms with Crippen molar-refractivity contribution < 1.29 is 23.4 Å². The Morgan fingerprint density at radius 2 is 2.04 bits per heavy atom. The topological polar surface area (TPSA) is 80.0 Å². The third kappa shape index (κ3) is 3.06. The van der Waals surface area contributed by atoms with Crippen molar-refractivity contribution in [3.63, 3.8) is 0 Å². The molecule has 0 saturated heterocycles. The average molecular weight is 375 g/mol. The van der Waals surface area contributed by atoms with Gasteiger partial charge >= 0.3 is 5.63 Å². The molecular weight excluding hydrogens is 361 g/mol. The maximum atomic E-state index is 13.3. The van der Waals surface area contributed by atoms with Crippen molar-refractivity contribution in [2.24, 2.45) is 0 Å². The summed E-state index contributed by atoms with van der Waals surface area (Å²) in [4.78, 5) is 25.9. The first kappa shape index (κ1) is 17.7. The van der Waals surface area contributed by atoms with Gasteiger partial charge in [-0.05, 0) is 18.2 Å². The molecule has 6 nitrogen and oxygen atoms in total. The highest BCUT2D eigenvalue weighted by Crippen LogP contribution is 2.34. The van der Waals surface area contributed by atoms with Crippen molar-refractivity contribution >= 4 is 38.3 Å². The van der Waals surface area contributed by atoms with Crippen LogP contribution < -0.4 is 15.3 Å². The molecule has 134 valence electrons. The monoisotopic (exact) mass is 375 g/mol. The van der Waals surface area contributed by atoms with E-state index in [4.69, 9.17) is 9.15 Å². The lowest BCUT2D eigenvalue weighted by Crippen LogP contribution is -2.25. The molecule has 8 heteroatoms. The second kappa shape index (κ2) is 6.64. The maximum absolute atomic E-state index is 13.3. The van der Waals surface area contributed by atoms with Crippen LogP contribution in [0.25, 0.3) is 16.0 Å². The molecule has 0 fully saturated rings. The lowest BCUT2D eigenvalue weighted by Gasteiger charge is -2.16. The maximum Gasteiger partial charge on any atom is 0.347 e. The van der Waals surface area contributed by atoms with Gasteiger partial charge in [-0.15, -0.1) is 11.3 Å². The molecule has 3 rings (SSSR count). The Bertz CT molecular complexity index is 1080. The number of anilines is 1. The van der Waals surface area contributed by atoms with Crippen molar-refractivity contribution in [1.29, 1.82) is 0 Å². The lowest BCUT2D eigenvalue weighted by atomic mass is 10.1. The second-order valence-corrected chi connectivity index (χ2v) is 6.48. The first-order valence-corrected chi connectivity index (χ1v) is 8.21. The molecule has 0 bridgehead atoms. The van der Waals surface area contributed by atoms with Crippen molar-refractivity contribution in [2.75, 3.05) is 19.1 Å². The molecule has 1 N–H and O–H groups in total. The number of aliphatic hydroxyl groups excluding tert-OH is 1. The Morgan fingerprint density at radius 1 is 1.31 bits per heavy atom. The Morgan fingerprint density at radius 3 is 2.69 bits per heavy atom. The van der Waals surface area contributed by atoms with Crippen LogP contribution in [0.2, 0.25) is 0 Å². The molecule has 3 aromatic rings. The smallest absolute Gasteiger partial charge is 0.347 e. The summed E-state index contributed by atoms with van der Waals surface area (Å²) >= 11 is 1.19. The van der Waals surface area contributed by atoms with E-state index < -0.39 is 23.1 Å². The van der Waals surface area contributed by atoms with E-state index in [1.165, 1.54) is 41.5 Å². The quantitative estimate of drug-likeness (QED) is 0.702. The van der Waals surface area contributed by atoms with Gasteiger partial charge in [-0.25, -0.2) is 9.18 Å². The van der Waals surface area contributed by atoms with Crippen LogP contribution in [0.1, 0.15) is 15.9 Å². The fourth-order valence-electron chi connectivity index (χ4n) is 2.39. The molecule has 0 aliphatic heterocycles. The molecule has 26 heavy (non-hydrogen) atoms.